The Morgan fingerprint density at radius 2 is 2.25 bits per heavy atom. The maximum absolute atomic E-state index is 9.89. The molecule has 0 aliphatic heterocycles. The number of nitrogens with zero attached hydrogens (tertiary/aromatic N) is 2. The molecule has 4 heteroatoms. The highest BCUT2D eigenvalue weighted by atomic mass is 16.3. The molecule has 0 aromatic carbocycles. The van der Waals surface area contributed by atoms with Crippen LogP contribution in [-0.2, 0) is 7.05 Å². The largest absolute Gasteiger partial charge is 0.392 e. The average molecular weight is 223 g/mol. The van der Waals surface area contributed by atoms with Crippen LogP contribution in [0.5, 0.6) is 0 Å². The van der Waals surface area contributed by atoms with Crippen LogP contribution in [-0.4, -0.2) is 27.0 Å². The average Bonchev–Trinajstić information content (AvgIpc) is 2.68. The van der Waals surface area contributed by atoms with Crippen molar-refractivity contribution >= 4 is 0 Å². The maximum Gasteiger partial charge on any atom is 0.0693 e. The minimum absolute atomic E-state index is 0.187. The Morgan fingerprint density at radius 1 is 1.50 bits per heavy atom. The fourth-order valence-electron chi connectivity index (χ4n) is 2.39. The van der Waals surface area contributed by atoms with Crippen molar-refractivity contribution < 1.29 is 5.11 Å². The Bertz CT molecular complexity index is 337. The molecule has 3 unspecified atom stereocenters. The molecule has 2 rings (SSSR count). The highest BCUT2D eigenvalue weighted by molar-refractivity contribution is 5.09. The summed E-state index contributed by atoms with van der Waals surface area (Å²) in [6.45, 7) is 2.12. The van der Waals surface area contributed by atoms with Crippen LogP contribution in [0.25, 0.3) is 0 Å². The zero-order valence-electron chi connectivity index (χ0n) is 10.1. The van der Waals surface area contributed by atoms with Gasteiger partial charge in [0.15, 0.2) is 0 Å². The molecule has 90 valence electrons. The molecule has 0 amide bonds. The quantitative estimate of drug-likeness (QED) is 0.814. The summed E-state index contributed by atoms with van der Waals surface area (Å²) in [6.07, 6.45) is 8.09. The minimum Gasteiger partial charge on any atom is -0.392 e. The van der Waals surface area contributed by atoms with Crippen LogP contribution in [0, 0.1) is 0 Å². The molecule has 0 saturated heterocycles. The molecule has 1 aliphatic rings. The summed E-state index contributed by atoms with van der Waals surface area (Å²) in [7, 11) is 1.92. The Labute approximate surface area is 96.7 Å². The van der Waals surface area contributed by atoms with E-state index in [9.17, 15) is 5.11 Å². The lowest BCUT2D eigenvalue weighted by Gasteiger charge is -2.30. The molecule has 1 saturated carbocycles. The molecule has 16 heavy (non-hydrogen) atoms. The van der Waals surface area contributed by atoms with Crippen molar-refractivity contribution in [3.63, 3.8) is 0 Å². The van der Waals surface area contributed by atoms with Crippen LogP contribution in [0.15, 0.2) is 12.4 Å². The number of aryl methyl sites for hydroxylation is 1. The lowest BCUT2D eigenvalue weighted by atomic mass is 9.92. The molecule has 1 heterocycles. The number of aromatic nitrogens is 2. The van der Waals surface area contributed by atoms with E-state index in [2.05, 4.69) is 17.3 Å². The van der Waals surface area contributed by atoms with Gasteiger partial charge in [-0.05, 0) is 19.8 Å². The first-order valence-corrected chi connectivity index (χ1v) is 6.09. The van der Waals surface area contributed by atoms with Gasteiger partial charge in [-0.15, -0.1) is 0 Å². The summed E-state index contributed by atoms with van der Waals surface area (Å²) < 4.78 is 1.81. The predicted octanol–water partition coefficient (Wildman–Crippen LogP) is 1.37. The van der Waals surface area contributed by atoms with E-state index in [-0.39, 0.29) is 18.2 Å². The van der Waals surface area contributed by atoms with Crippen LogP contribution in [0.4, 0.5) is 0 Å². The van der Waals surface area contributed by atoms with Crippen LogP contribution >= 0.6 is 0 Å². The molecular formula is C12H21N3O. The van der Waals surface area contributed by atoms with E-state index in [1.165, 1.54) is 12.0 Å². The number of rotatable bonds is 3. The first-order chi connectivity index (χ1) is 7.66. The molecule has 0 radical (unpaired) electrons. The van der Waals surface area contributed by atoms with Gasteiger partial charge in [0.05, 0.1) is 12.3 Å². The first kappa shape index (κ1) is 11.6. The van der Waals surface area contributed by atoms with Gasteiger partial charge < -0.3 is 10.4 Å². The number of nitrogens with one attached hydrogen (secondary N) is 1. The van der Waals surface area contributed by atoms with Crippen molar-refractivity contribution in [2.45, 2.75) is 50.8 Å². The van der Waals surface area contributed by atoms with Gasteiger partial charge in [0, 0.05) is 30.9 Å². The van der Waals surface area contributed by atoms with Gasteiger partial charge in [-0.2, -0.15) is 5.10 Å². The summed E-state index contributed by atoms with van der Waals surface area (Å²) >= 11 is 0. The molecule has 1 fully saturated rings. The highest BCUT2D eigenvalue weighted by Crippen LogP contribution is 2.21. The van der Waals surface area contributed by atoms with Gasteiger partial charge in [-0.25, -0.2) is 0 Å². The van der Waals surface area contributed by atoms with Gasteiger partial charge in [-0.1, -0.05) is 12.8 Å². The summed E-state index contributed by atoms with van der Waals surface area (Å²) in [5.74, 6) is 0. The molecule has 2 N–H and O–H groups in total. The molecule has 4 nitrogen and oxygen atoms in total. The molecular weight excluding hydrogens is 202 g/mol. The fraction of sp³-hybridized carbons (Fsp3) is 0.750. The SMILES string of the molecule is CC(NC1CCCCC1O)c1cnn(C)c1. The van der Waals surface area contributed by atoms with E-state index in [4.69, 9.17) is 0 Å². The van der Waals surface area contributed by atoms with Crippen molar-refractivity contribution in [2.24, 2.45) is 7.05 Å². The Balaban J connectivity index is 1.93. The summed E-state index contributed by atoms with van der Waals surface area (Å²) in [6, 6.07) is 0.496. The van der Waals surface area contributed by atoms with Crippen molar-refractivity contribution in [3.8, 4) is 0 Å². The van der Waals surface area contributed by atoms with Crippen LogP contribution in [0.1, 0.15) is 44.2 Å². The van der Waals surface area contributed by atoms with E-state index in [0.29, 0.717) is 0 Å². The zero-order chi connectivity index (χ0) is 11.5. The number of aliphatic hydroxyl groups is 1. The Hall–Kier alpha value is -0.870. The van der Waals surface area contributed by atoms with Gasteiger partial charge in [-0.3, -0.25) is 4.68 Å². The van der Waals surface area contributed by atoms with Crippen molar-refractivity contribution in [1.82, 2.24) is 15.1 Å². The van der Waals surface area contributed by atoms with E-state index in [1.807, 2.05) is 24.1 Å². The topological polar surface area (TPSA) is 50.1 Å². The monoisotopic (exact) mass is 223 g/mol. The van der Waals surface area contributed by atoms with Crippen LogP contribution in [0.2, 0.25) is 0 Å². The maximum atomic E-state index is 9.89. The van der Waals surface area contributed by atoms with E-state index in [1.54, 1.807) is 0 Å². The highest BCUT2D eigenvalue weighted by Gasteiger charge is 2.24. The summed E-state index contributed by atoms with van der Waals surface area (Å²) in [5.41, 5.74) is 1.18. The van der Waals surface area contributed by atoms with E-state index in [0.717, 1.165) is 19.3 Å². The molecule has 1 aliphatic carbocycles. The standard InChI is InChI=1S/C12H21N3O/c1-9(10-7-13-15(2)8-10)14-11-5-3-4-6-12(11)16/h7-9,11-12,14,16H,3-6H2,1-2H3. The predicted molar refractivity (Wildman–Crippen MR) is 63.0 cm³/mol. The third kappa shape index (κ3) is 2.62. The summed E-state index contributed by atoms with van der Waals surface area (Å²) in [4.78, 5) is 0. The lowest BCUT2D eigenvalue weighted by molar-refractivity contribution is 0.0860. The zero-order valence-corrected chi connectivity index (χ0v) is 10.1. The smallest absolute Gasteiger partial charge is 0.0693 e. The van der Waals surface area contributed by atoms with Gasteiger partial charge in [0.25, 0.3) is 0 Å². The van der Waals surface area contributed by atoms with Crippen molar-refractivity contribution in [3.05, 3.63) is 18.0 Å². The van der Waals surface area contributed by atoms with E-state index < -0.39 is 0 Å². The molecule has 3 atom stereocenters. The van der Waals surface area contributed by atoms with Crippen LogP contribution in [0.3, 0.4) is 0 Å². The molecule has 0 bridgehead atoms. The Morgan fingerprint density at radius 3 is 2.88 bits per heavy atom. The van der Waals surface area contributed by atoms with Crippen molar-refractivity contribution in [2.75, 3.05) is 0 Å². The van der Waals surface area contributed by atoms with Gasteiger partial charge in [0.2, 0.25) is 0 Å². The number of aliphatic hydroxyl groups excluding tert-OH is 1. The fourth-order valence-corrected chi connectivity index (χ4v) is 2.39. The third-order valence-electron chi connectivity index (χ3n) is 3.42. The van der Waals surface area contributed by atoms with E-state index >= 15 is 0 Å². The van der Waals surface area contributed by atoms with Gasteiger partial charge in [0.1, 0.15) is 0 Å². The second kappa shape index (κ2) is 4.97. The lowest BCUT2D eigenvalue weighted by Crippen LogP contribution is -2.43. The molecule has 0 spiro atoms. The number of hydrogen-bond acceptors (Lipinski definition) is 3. The third-order valence-corrected chi connectivity index (χ3v) is 3.42. The second-order valence-corrected chi connectivity index (χ2v) is 4.79. The summed E-state index contributed by atoms with van der Waals surface area (Å²) in [5, 5.41) is 17.5. The van der Waals surface area contributed by atoms with Crippen LogP contribution < -0.4 is 5.32 Å². The number of hydrogen-bond donors (Lipinski definition) is 2. The molecule has 1 aromatic rings. The normalized spacial score (nSPS) is 27.9. The van der Waals surface area contributed by atoms with Gasteiger partial charge >= 0.3 is 0 Å². The second-order valence-electron chi connectivity index (χ2n) is 4.79. The minimum atomic E-state index is -0.187. The molecule has 1 aromatic heterocycles. The Kier molecular flexibility index (Phi) is 3.61. The first-order valence-electron chi connectivity index (χ1n) is 6.09. The van der Waals surface area contributed by atoms with Crippen molar-refractivity contribution in [1.29, 1.82) is 0 Å².